The highest BCUT2D eigenvalue weighted by Gasteiger charge is 2.43. The zero-order chi connectivity index (χ0) is 10.5. The van der Waals surface area contributed by atoms with Crippen molar-refractivity contribution in [2.45, 2.75) is 18.3 Å². The van der Waals surface area contributed by atoms with Crippen LogP contribution in [-0.2, 0) is 5.41 Å². The lowest BCUT2D eigenvalue weighted by atomic mass is 9.97. The normalized spacial score (nSPS) is 18.2. The van der Waals surface area contributed by atoms with Gasteiger partial charge in [0.25, 0.3) is 0 Å². The number of nitrogens with one attached hydrogen (secondary N) is 1. The summed E-state index contributed by atoms with van der Waals surface area (Å²) >= 11 is 0. The van der Waals surface area contributed by atoms with E-state index < -0.39 is 5.76 Å². The van der Waals surface area contributed by atoms with Gasteiger partial charge in [0.05, 0.1) is 12.1 Å². The molecule has 15 heavy (non-hydrogen) atoms. The highest BCUT2D eigenvalue weighted by molar-refractivity contribution is 5.73. The summed E-state index contributed by atoms with van der Waals surface area (Å²) in [5, 5.41) is 9.29. The molecule has 0 bridgehead atoms. The van der Waals surface area contributed by atoms with Crippen molar-refractivity contribution in [3.8, 4) is 0 Å². The molecule has 3 rings (SSSR count). The van der Waals surface area contributed by atoms with Gasteiger partial charge in [0.2, 0.25) is 0 Å². The smallest absolute Gasteiger partial charge is 0.408 e. The number of aromatic nitrogens is 1. The molecule has 1 aliphatic rings. The standard InChI is InChI=1S/C11H11NO3/c13-6-11(3-4-11)7-1-2-9-8(5-7)12-10(14)15-9/h1-2,5,13H,3-4,6H2,(H,12,14). The summed E-state index contributed by atoms with van der Waals surface area (Å²) in [5.74, 6) is -0.434. The molecule has 0 aliphatic heterocycles. The van der Waals surface area contributed by atoms with Crippen molar-refractivity contribution >= 4 is 11.1 Å². The first kappa shape index (κ1) is 8.73. The fourth-order valence-electron chi connectivity index (χ4n) is 1.97. The van der Waals surface area contributed by atoms with Crippen LogP contribution < -0.4 is 5.76 Å². The summed E-state index contributed by atoms with van der Waals surface area (Å²) in [6.45, 7) is 0.167. The predicted octanol–water partition coefficient (Wildman–Crippen LogP) is 1.15. The summed E-state index contributed by atoms with van der Waals surface area (Å²) < 4.78 is 4.92. The van der Waals surface area contributed by atoms with E-state index in [9.17, 15) is 9.90 Å². The van der Waals surface area contributed by atoms with Gasteiger partial charge in [-0.15, -0.1) is 0 Å². The van der Waals surface area contributed by atoms with Crippen LogP contribution >= 0.6 is 0 Å². The number of hydrogen-bond donors (Lipinski definition) is 2. The van der Waals surface area contributed by atoms with Crippen LogP contribution in [0.1, 0.15) is 18.4 Å². The molecule has 4 heteroatoms. The number of oxazole rings is 1. The zero-order valence-electron chi connectivity index (χ0n) is 8.12. The Morgan fingerprint density at radius 2 is 2.27 bits per heavy atom. The van der Waals surface area contributed by atoms with Crippen molar-refractivity contribution in [2.24, 2.45) is 0 Å². The Morgan fingerprint density at radius 3 is 2.93 bits per heavy atom. The first-order valence-electron chi connectivity index (χ1n) is 4.98. The average molecular weight is 205 g/mol. The van der Waals surface area contributed by atoms with E-state index in [1.54, 1.807) is 6.07 Å². The molecule has 4 nitrogen and oxygen atoms in total. The van der Waals surface area contributed by atoms with Crippen LogP contribution in [0.15, 0.2) is 27.4 Å². The van der Waals surface area contributed by atoms with Crippen molar-refractivity contribution in [3.05, 3.63) is 34.3 Å². The molecular formula is C11H11NO3. The zero-order valence-corrected chi connectivity index (χ0v) is 8.12. The molecule has 0 spiro atoms. The first-order valence-corrected chi connectivity index (χ1v) is 4.98. The van der Waals surface area contributed by atoms with Gasteiger partial charge in [-0.1, -0.05) is 6.07 Å². The van der Waals surface area contributed by atoms with Crippen LogP contribution in [0.2, 0.25) is 0 Å². The number of benzene rings is 1. The minimum atomic E-state index is -0.434. The van der Waals surface area contributed by atoms with Crippen molar-refractivity contribution in [1.29, 1.82) is 0 Å². The molecule has 78 valence electrons. The van der Waals surface area contributed by atoms with Gasteiger partial charge in [-0.2, -0.15) is 0 Å². The van der Waals surface area contributed by atoms with E-state index in [-0.39, 0.29) is 12.0 Å². The molecule has 1 aromatic heterocycles. The van der Waals surface area contributed by atoms with Crippen LogP contribution in [0.3, 0.4) is 0 Å². The lowest BCUT2D eigenvalue weighted by Crippen LogP contribution is -2.11. The van der Waals surface area contributed by atoms with E-state index in [2.05, 4.69) is 4.98 Å². The van der Waals surface area contributed by atoms with Crippen molar-refractivity contribution in [1.82, 2.24) is 4.98 Å². The van der Waals surface area contributed by atoms with Gasteiger partial charge in [-0.3, -0.25) is 4.98 Å². The first-order chi connectivity index (χ1) is 7.23. The second-order valence-electron chi connectivity index (χ2n) is 4.16. The third-order valence-corrected chi connectivity index (χ3v) is 3.19. The van der Waals surface area contributed by atoms with Crippen LogP contribution in [0, 0.1) is 0 Å². The maximum Gasteiger partial charge on any atom is 0.417 e. The van der Waals surface area contributed by atoms with Crippen LogP contribution in [-0.4, -0.2) is 16.7 Å². The van der Waals surface area contributed by atoms with Crippen molar-refractivity contribution < 1.29 is 9.52 Å². The van der Waals surface area contributed by atoms with Crippen LogP contribution in [0.25, 0.3) is 11.1 Å². The van der Waals surface area contributed by atoms with Gasteiger partial charge in [0, 0.05) is 5.41 Å². The fraction of sp³-hybridized carbons (Fsp3) is 0.364. The molecule has 0 atom stereocenters. The Bertz CT molecular complexity index is 562. The lowest BCUT2D eigenvalue weighted by Gasteiger charge is -2.11. The Kier molecular flexibility index (Phi) is 1.59. The summed E-state index contributed by atoms with van der Waals surface area (Å²) in [4.78, 5) is 13.6. The molecule has 0 amide bonds. The molecule has 1 aromatic carbocycles. The SMILES string of the molecule is O=c1[nH]c2cc(C3(CO)CC3)ccc2o1. The van der Waals surface area contributed by atoms with Crippen molar-refractivity contribution in [3.63, 3.8) is 0 Å². The molecule has 1 heterocycles. The van der Waals surface area contributed by atoms with Crippen LogP contribution in [0.4, 0.5) is 0 Å². The van der Waals surface area contributed by atoms with E-state index in [4.69, 9.17) is 4.42 Å². The molecule has 0 radical (unpaired) electrons. The second-order valence-corrected chi connectivity index (χ2v) is 4.16. The van der Waals surface area contributed by atoms with Gasteiger partial charge in [-0.05, 0) is 30.5 Å². The number of rotatable bonds is 2. The maximum atomic E-state index is 11.0. The van der Waals surface area contributed by atoms with Gasteiger partial charge < -0.3 is 9.52 Å². The van der Waals surface area contributed by atoms with Gasteiger partial charge in [-0.25, -0.2) is 4.79 Å². The number of aromatic amines is 1. The van der Waals surface area contributed by atoms with Gasteiger partial charge in [0.15, 0.2) is 5.58 Å². The monoisotopic (exact) mass is 205 g/mol. The van der Waals surface area contributed by atoms with E-state index in [0.717, 1.165) is 18.4 Å². The quantitative estimate of drug-likeness (QED) is 0.772. The largest absolute Gasteiger partial charge is 0.417 e. The fourth-order valence-corrected chi connectivity index (χ4v) is 1.97. The molecule has 0 saturated heterocycles. The highest BCUT2D eigenvalue weighted by Crippen LogP contribution is 2.47. The summed E-state index contributed by atoms with van der Waals surface area (Å²) in [6.07, 6.45) is 2.02. The number of fused-ring (bicyclic) bond motifs is 1. The Morgan fingerprint density at radius 1 is 1.47 bits per heavy atom. The number of hydrogen-bond acceptors (Lipinski definition) is 3. The molecule has 1 aliphatic carbocycles. The minimum absolute atomic E-state index is 0.0671. The van der Waals surface area contributed by atoms with Gasteiger partial charge >= 0.3 is 5.76 Å². The second kappa shape index (κ2) is 2.73. The summed E-state index contributed by atoms with van der Waals surface area (Å²) in [6, 6.07) is 5.59. The molecule has 0 unspecified atom stereocenters. The number of aliphatic hydroxyl groups is 1. The lowest BCUT2D eigenvalue weighted by molar-refractivity contribution is 0.255. The molecule has 1 fully saturated rings. The topological polar surface area (TPSA) is 66.2 Å². The Balaban J connectivity index is 2.17. The summed E-state index contributed by atoms with van der Waals surface area (Å²) in [7, 11) is 0. The van der Waals surface area contributed by atoms with E-state index in [1.807, 2.05) is 12.1 Å². The number of aliphatic hydroxyl groups excluding tert-OH is 1. The third kappa shape index (κ3) is 1.22. The van der Waals surface area contributed by atoms with Gasteiger partial charge in [0.1, 0.15) is 0 Å². The van der Waals surface area contributed by atoms with E-state index in [0.29, 0.717) is 11.1 Å². The van der Waals surface area contributed by atoms with Crippen molar-refractivity contribution in [2.75, 3.05) is 6.61 Å². The van der Waals surface area contributed by atoms with Crippen LogP contribution in [0.5, 0.6) is 0 Å². The predicted molar refractivity (Wildman–Crippen MR) is 54.8 cm³/mol. The molecule has 1 saturated carbocycles. The molecule has 2 aromatic rings. The van der Waals surface area contributed by atoms with E-state index in [1.165, 1.54) is 0 Å². The minimum Gasteiger partial charge on any atom is -0.408 e. The average Bonchev–Trinajstić information content (AvgIpc) is 2.94. The number of H-pyrrole nitrogens is 1. The molecular weight excluding hydrogens is 194 g/mol. The highest BCUT2D eigenvalue weighted by atomic mass is 16.4. The summed E-state index contributed by atoms with van der Waals surface area (Å²) in [5.41, 5.74) is 2.28. The maximum absolute atomic E-state index is 11.0. The molecule has 2 N–H and O–H groups in total. The van der Waals surface area contributed by atoms with E-state index >= 15 is 0 Å². The Hall–Kier alpha value is -1.55. The Labute approximate surface area is 85.5 Å². The third-order valence-electron chi connectivity index (χ3n) is 3.19.